The monoisotopic (exact) mass is 254 g/mol. The lowest BCUT2D eigenvalue weighted by Gasteiger charge is -2.27. The van der Waals surface area contributed by atoms with Gasteiger partial charge in [0.1, 0.15) is 0 Å². The van der Waals surface area contributed by atoms with E-state index in [4.69, 9.17) is 0 Å². The Morgan fingerprint density at radius 3 is 2.83 bits per heavy atom. The van der Waals surface area contributed by atoms with E-state index in [9.17, 15) is 4.79 Å². The van der Waals surface area contributed by atoms with Crippen molar-refractivity contribution in [3.05, 3.63) is 0 Å². The largest absolute Gasteiger partial charge is 0.356 e. The molecule has 3 heteroatoms. The summed E-state index contributed by atoms with van der Waals surface area (Å²) < 4.78 is 0. The summed E-state index contributed by atoms with van der Waals surface area (Å²) in [5, 5.41) is 6.56. The normalized spacial score (nSPS) is 25.7. The average Bonchev–Trinajstić information content (AvgIpc) is 2.38. The predicted molar refractivity (Wildman–Crippen MR) is 76.5 cm³/mol. The van der Waals surface area contributed by atoms with Crippen LogP contribution in [0.2, 0.25) is 0 Å². The molecule has 0 bridgehead atoms. The number of unbranched alkanes of at least 4 members (excludes halogenated alkanes) is 1. The van der Waals surface area contributed by atoms with Crippen molar-refractivity contribution < 1.29 is 4.79 Å². The van der Waals surface area contributed by atoms with E-state index in [1.54, 1.807) is 0 Å². The minimum atomic E-state index is 0.227. The number of carbonyl (C=O) groups is 1. The highest BCUT2D eigenvalue weighted by Crippen LogP contribution is 2.17. The molecule has 0 radical (unpaired) electrons. The SMILES string of the molecule is CCCCC(CC)CNC(=O)C1CCNC(C)C1. The fraction of sp³-hybridized carbons (Fsp3) is 0.933. The summed E-state index contributed by atoms with van der Waals surface area (Å²) in [5.41, 5.74) is 0. The minimum Gasteiger partial charge on any atom is -0.356 e. The van der Waals surface area contributed by atoms with Crippen molar-refractivity contribution in [3.63, 3.8) is 0 Å². The second-order valence-corrected chi connectivity index (χ2v) is 5.74. The highest BCUT2D eigenvalue weighted by molar-refractivity contribution is 5.78. The molecule has 1 rings (SSSR count). The Labute approximate surface area is 112 Å². The molecule has 0 aliphatic carbocycles. The van der Waals surface area contributed by atoms with E-state index in [-0.39, 0.29) is 11.8 Å². The molecule has 3 nitrogen and oxygen atoms in total. The van der Waals surface area contributed by atoms with Crippen molar-refractivity contribution in [2.24, 2.45) is 11.8 Å². The third-order valence-electron chi connectivity index (χ3n) is 4.10. The molecule has 0 aromatic carbocycles. The van der Waals surface area contributed by atoms with Crippen LogP contribution in [-0.2, 0) is 4.79 Å². The number of carbonyl (C=O) groups excluding carboxylic acids is 1. The first-order valence-electron chi connectivity index (χ1n) is 7.68. The van der Waals surface area contributed by atoms with Gasteiger partial charge in [0.25, 0.3) is 0 Å². The molecule has 0 saturated carbocycles. The summed E-state index contributed by atoms with van der Waals surface area (Å²) in [6.07, 6.45) is 6.91. The van der Waals surface area contributed by atoms with Crippen LogP contribution in [0.4, 0.5) is 0 Å². The van der Waals surface area contributed by atoms with Crippen LogP contribution in [0.5, 0.6) is 0 Å². The van der Waals surface area contributed by atoms with E-state index in [0.29, 0.717) is 12.0 Å². The summed E-state index contributed by atoms with van der Waals surface area (Å²) in [6.45, 7) is 8.45. The molecule has 3 atom stereocenters. The fourth-order valence-corrected chi connectivity index (χ4v) is 2.70. The molecule has 1 aliphatic rings. The van der Waals surface area contributed by atoms with Gasteiger partial charge >= 0.3 is 0 Å². The van der Waals surface area contributed by atoms with Gasteiger partial charge in [0, 0.05) is 18.5 Å². The van der Waals surface area contributed by atoms with Crippen LogP contribution in [0.1, 0.15) is 59.3 Å². The molecule has 3 unspecified atom stereocenters. The number of piperidine rings is 1. The molecule has 0 aromatic rings. The van der Waals surface area contributed by atoms with Gasteiger partial charge in [0.15, 0.2) is 0 Å². The number of hydrogen-bond donors (Lipinski definition) is 2. The predicted octanol–water partition coefficient (Wildman–Crippen LogP) is 2.71. The first-order chi connectivity index (χ1) is 8.67. The van der Waals surface area contributed by atoms with Gasteiger partial charge in [-0.2, -0.15) is 0 Å². The Morgan fingerprint density at radius 2 is 2.22 bits per heavy atom. The molecule has 0 spiro atoms. The van der Waals surface area contributed by atoms with Crippen molar-refractivity contribution >= 4 is 5.91 Å². The zero-order valence-electron chi connectivity index (χ0n) is 12.3. The number of hydrogen-bond acceptors (Lipinski definition) is 2. The Morgan fingerprint density at radius 1 is 1.44 bits per heavy atom. The van der Waals surface area contributed by atoms with Crippen molar-refractivity contribution in [2.75, 3.05) is 13.1 Å². The smallest absolute Gasteiger partial charge is 0.223 e. The molecule has 1 saturated heterocycles. The van der Waals surface area contributed by atoms with Crippen molar-refractivity contribution in [1.82, 2.24) is 10.6 Å². The lowest BCUT2D eigenvalue weighted by molar-refractivity contribution is -0.126. The van der Waals surface area contributed by atoms with E-state index < -0.39 is 0 Å². The van der Waals surface area contributed by atoms with Crippen molar-refractivity contribution in [1.29, 1.82) is 0 Å². The molecule has 1 aliphatic heterocycles. The van der Waals surface area contributed by atoms with E-state index in [2.05, 4.69) is 31.4 Å². The molecule has 2 N–H and O–H groups in total. The van der Waals surface area contributed by atoms with E-state index in [1.165, 1.54) is 25.7 Å². The Hall–Kier alpha value is -0.570. The topological polar surface area (TPSA) is 41.1 Å². The van der Waals surface area contributed by atoms with E-state index in [1.807, 2.05) is 0 Å². The Bertz CT molecular complexity index is 243. The van der Waals surface area contributed by atoms with Gasteiger partial charge in [0.2, 0.25) is 5.91 Å². The lowest BCUT2D eigenvalue weighted by Crippen LogP contribution is -2.43. The molecule has 18 heavy (non-hydrogen) atoms. The highest BCUT2D eigenvalue weighted by Gasteiger charge is 2.24. The van der Waals surface area contributed by atoms with Crippen LogP contribution < -0.4 is 10.6 Å². The summed E-state index contributed by atoms with van der Waals surface area (Å²) in [7, 11) is 0. The standard InChI is InChI=1S/C15H30N2O/c1-4-6-7-13(5-2)11-17-15(18)14-8-9-16-12(3)10-14/h12-14,16H,4-11H2,1-3H3,(H,17,18). The lowest BCUT2D eigenvalue weighted by atomic mass is 9.92. The van der Waals surface area contributed by atoms with Gasteiger partial charge in [-0.15, -0.1) is 0 Å². The van der Waals surface area contributed by atoms with Crippen LogP contribution in [0.15, 0.2) is 0 Å². The molecule has 1 amide bonds. The third-order valence-corrected chi connectivity index (χ3v) is 4.10. The van der Waals surface area contributed by atoms with Crippen LogP contribution in [0.3, 0.4) is 0 Å². The first kappa shape index (κ1) is 15.5. The summed E-state index contributed by atoms with van der Waals surface area (Å²) in [5.74, 6) is 1.16. The number of amides is 1. The Balaban J connectivity index is 2.26. The molecular formula is C15H30N2O. The third kappa shape index (κ3) is 5.38. The zero-order valence-corrected chi connectivity index (χ0v) is 12.3. The maximum atomic E-state index is 12.1. The average molecular weight is 254 g/mol. The second kappa shape index (κ2) is 8.52. The van der Waals surface area contributed by atoms with Crippen LogP contribution >= 0.6 is 0 Å². The van der Waals surface area contributed by atoms with Crippen molar-refractivity contribution in [3.8, 4) is 0 Å². The van der Waals surface area contributed by atoms with Gasteiger partial charge in [-0.1, -0.05) is 33.1 Å². The molecule has 1 heterocycles. The zero-order chi connectivity index (χ0) is 13.4. The van der Waals surface area contributed by atoms with Crippen LogP contribution in [-0.4, -0.2) is 25.0 Å². The molecule has 1 fully saturated rings. The minimum absolute atomic E-state index is 0.227. The fourth-order valence-electron chi connectivity index (χ4n) is 2.70. The number of rotatable bonds is 7. The maximum absolute atomic E-state index is 12.1. The van der Waals surface area contributed by atoms with Gasteiger partial charge in [-0.25, -0.2) is 0 Å². The highest BCUT2D eigenvalue weighted by atomic mass is 16.1. The van der Waals surface area contributed by atoms with Crippen molar-refractivity contribution in [2.45, 2.75) is 65.3 Å². The maximum Gasteiger partial charge on any atom is 0.223 e. The van der Waals surface area contributed by atoms with Gasteiger partial charge in [0.05, 0.1) is 0 Å². The Kier molecular flexibility index (Phi) is 7.33. The second-order valence-electron chi connectivity index (χ2n) is 5.74. The van der Waals surface area contributed by atoms with Gasteiger partial charge < -0.3 is 10.6 Å². The molecular weight excluding hydrogens is 224 g/mol. The molecule has 0 aromatic heterocycles. The van der Waals surface area contributed by atoms with E-state index >= 15 is 0 Å². The summed E-state index contributed by atoms with van der Waals surface area (Å²) >= 11 is 0. The summed E-state index contributed by atoms with van der Waals surface area (Å²) in [6, 6.07) is 0.483. The molecule has 106 valence electrons. The number of nitrogens with one attached hydrogen (secondary N) is 2. The van der Waals surface area contributed by atoms with E-state index in [0.717, 1.165) is 25.9 Å². The van der Waals surface area contributed by atoms with Gasteiger partial charge in [-0.3, -0.25) is 4.79 Å². The quantitative estimate of drug-likeness (QED) is 0.733. The van der Waals surface area contributed by atoms with Crippen LogP contribution in [0.25, 0.3) is 0 Å². The summed E-state index contributed by atoms with van der Waals surface area (Å²) in [4.78, 5) is 12.1. The van der Waals surface area contributed by atoms with Crippen LogP contribution in [0, 0.1) is 11.8 Å². The first-order valence-corrected chi connectivity index (χ1v) is 7.68. The van der Waals surface area contributed by atoms with Gasteiger partial charge in [-0.05, 0) is 38.6 Å².